The summed E-state index contributed by atoms with van der Waals surface area (Å²) < 4.78 is 2.46. The zero-order valence-electron chi connectivity index (χ0n) is 20.1. The van der Waals surface area contributed by atoms with E-state index in [4.69, 9.17) is 0 Å². The third-order valence-corrected chi connectivity index (χ3v) is 6.44. The number of rotatable bonds is 21. The van der Waals surface area contributed by atoms with Crippen LogP contribution < -0.4 is 4.57 Å². The Bertz CT molecular complexity index is 427. The van der Waals surface area contributed by atoms with E-state index in [0.717, 1.165) is 0 Å². The summed E-state index contributed by atoms with van der Waals surface area (Å²) in [5.74, 6) is 0. The number of nitrogens with zero attached hydrogens (tertiary/aromatic N) is 1. The first-order valence-corrected chi connectivity index (χ1v) is 13.3. The second kappa shape index (κ2) is 20.4. The van der Waals surface area contributed by atoms with Crippen LogP contribution in [0.1, 0.15) is 148 Å². The first-order chi connectivity index (χ1) is 14.4. The SMILES string of the molecule is CCCCCCCCCCCCCCCCCC(CCCCC)[n+]1ccccc1. The van der Waals surface area contributed by atoms with Gasteiger partial charge >= 0.3 is 0 Å². The molecule has 0 amide bonds. The monoisotopic (exact) mass is 402 g/mol. The van der Waals surface area contributed by atoms with Gasteiger partial charge < -0.3 is 0 Å². The van der Waals surface area contributed by atoms with Crippen molar-refractivity contribution in [3.8, 4) is 0 Å². The summed E-state index contributed by atoms with van der Waals surface area (Å²) in [5, 5.41) is 0. The Morgan fingerprint density at radius 1 is 0.448 bits per heavy atom. The Balaban J connectivity index is 1.95. The lowest BCUT2D eigenvalue weighted by atomic mass is 10.00. The minimum absolute atomic E-state index is 0.713. The average Bonchev–Trinajstić information content (AvgIpc) is 2.76. The van der Waals surface area contributed by atoms with E-state index in [2.05, 4.69) is 49.0 Å². The molecule has 0 aliphatic carbocycles. The van der Waals surface area contributed by atoms with Crippen LogP contribution in [0.4, 0.5) is 0 Å². The Labute approximate surface area is 183 Å². The van der Waals surface area contributed by atoms with Crippen molar-refractivity contribution >= 4 is 0 Å². The van der Waals surface area contributed by atoms with E-state index in [9.17, 15) is 0 Å². The number of aromatic nitrogens is 1. The average molecular weight is 403 g/mol. The predicted octanol–water partition coefficient (Wildman–Crippen LogP) is 9.36. The molecular weight excluding hydrogens is 350 g/mol. The zero-order valence-corrected chi connectivity index (χ0v) is 20.1. The molecule has 0 bridgehead atoms. The lowest BCUT2D eigenvalue weighted by molar-refractivity contribution is -0.724. The molecule has 29 heavy (non-hydrogen) atoms. The van der Waals surface area contributed by atoms with Crippen molar-refractivity contribution in [3.63, 3.8) is 0 Å². The number of hydrogen-bond donors (Lipinski definition) is 0. The van der Waals surface area contributed by atoms with Crippen molar-refractivity contribution in [2.45, 2.75) is 148 Å². The summed E-state index contributed by atoms with van der Waals surface area (Å²) in [6, 6.07) is 7.20. The largest absolute Gasteiger partial charge is 0.202 e. The maximum Gasteiger partial charge on any atom is 0.169 e. The Morgan fingerprint density at radius 3 is 1.24 bits per heavy atom. The molecule has 1 aromatic heterocycles. The molecule has 1 unspecified atom stereocenters. The van der Waals surface area contributed by atoms with Crippen LogP contribution in [-0.2, 0) is 0 Å². The van der Waals surface area contributed by atoms with E-state index in [1.165, 1.54) is 128 Å². The molecule has 0 aliphatic heterocycles. The highest BCUT2D eigenvalue weighted by Crippen LogP contribution is 2.19. The van der Waals surface area contributed by atoms with E-state index in [1.54, 1.807) is 0 Å². The maximum absolute atomic E-state index is 2.46. The molecule has 0 spiro atoms. The van der Waals surface area contributed by atoms with Gasteiger partial charge in [-0.3, -0.25) is 0 Å². The van der Waals surface area contributed by atoms with E-state index in [0.29, 0.717) is 6.04 Å². The van der Waals surface area contributed by atoms with Crippen LogP contribution in [0, 0.1) is 0 Å². The molecule has 1 aromatic rings. The highest BCUT2D eigenvalue weighted by Gasteiger charge is 2.16. The van der Waals surface area contributed by atoms with Gasteiger partial charge in [-0.1, -0.05) is 123 Å². The molecule has 0 N–H and O–H groups in total. The molecule has 1 atom stereocenters. The minimum Gasteiger partial charge on any atom is -0.202 e. The van der Waals surface area contributed by atoms with Gasteiger partial charge in [0, 0.05) is 25.0 Å². The van der Waals surface area contributed by atoms with Gasteiger partial charge in [0.2, 0.25) is 0 Å². The normalized spacial score (nSPS) is 12.3. The van der Waals surface area contributed by atoms with Gasteiger partial charge in [-0.25, -0.2) is 4.57 Å². The highest BCUT2D eigenvalue weighted by molar-refractivity contribution is 4.84. The fourth-order valence-electron chi connectivity index (χ4n) is 4.48. The molecule has 168 valence electrons. The van der Waals surface area contributed by atoms with Crippen molar-refractivity contribution in [2.75, 3.05) is 0 Å². The summed E-state index contributed by atoms with van der Waals surface area (Å²) in [5.41, 5.74) is 0. The number of pyridine rings is 1. The van der Waals surface area contributed by atoms with E-state index in [-0.39, 0.29) is 0 Å². The van der Waals surface area contributed by atoms with Crippen molar-refractivity contribution in [2.24, 2.45) is 0 Å². The molecule has 0 aliphatic rings. The Kier molecular flexibility index (Phi) is 18.4. The fraction of sp³-hybridized carbons (Fsp3) is 0.821. The zero-order chi connectivity index (χ0) is 20.8. The Hall–Kier alpha value is -0.850. The highest BCUT2D eigenvalue weighted by atomic mass is 15.0. The van der Waals surface area contributed by atoms with Gasteiger partial charge in [0.15, 0.2) is 18.4 Å². The van der Waals surface area contributed by atoms with Crippen LogP contribution in [-0.4, -0.2) is 0 Å². The van der Waals surface area contributed by atoms with Crippen molar-refractivity contribution in [1.82, 2.24) is 0 Å². The minimum atomic E-state index is 0.713. The number of hydrogen-bond acceptors (Lipinski definition) is 0. The van der Waals surface area contributed by atoms with Gasteiger partial charge in [0.25, 0.3) is 0 Å². The summed E-state index contributed by atoms with van der Waals surface area (Å²) in [6.45, 7) is 4.61. The van der Waals surface area contributed by atoms with Gasteiger partial charge in [-0.15, -0.1) is 0 Å². The lowest BCUT2D eigenvalue weighted by Gasteiger charge is -2.12. The third-order valence-electron chi connectivity index (χ3n) is 6.44. The molecule has 1 heterocycles. The lowest BCUT2D eigenvalue weighted by Crippen LogP contribution is -2.38. The smallest absolute Gasteiger partial charge is 0.169 e. The van der Waals surface area contributed by atoms with E-state index in [1.807, 2.05) is 0 Å². The summed E-state index contributed by atoms with van der Waals surface area (Å²) in [6.07, 6.45) is 33.1. The number of unbranched alkanes of at least 4 members (excludes halogenated alkanes) is 16. The second-order valence-corrected chi connectivity index (χ2v) is 9.21. The molecule has 0 aromatic carbocycles. The topological polar surface area (TPSA) is 3.88 Å². The molecule has 1 rings (SSSR count). The van der Waals surface area contributed by atoms with Gasteiger partial charge in [-0.2, -0.15) is 0 Å². The first kappa shape index (κ1) is 26.2. The van der Waals surface area contributed by atoms with Crippen LogP contribution in [0.5, 0.6) is 0 Å². The Morgan fingerprint density at radius 2 is 0.793 bits per heavy atom. The van der Waals surface area contributed by atoms with E-state index >= 15 is 0 Å². The molecule has 0 radical (unpaired) electrons. The predicted molar refractivity (Wildman–Crippen MR) is 129 cm³/mol. The van der Waals surface area contributed by atoms with Gasteiger partial charge in [0.1, 0.15) is 0 Å². The second-order valence-electron chi connectivity index (χ2n) is 9.21. The maximum atomic E-state index is 2.46. The molecule has 1 heteroatoms. The van der Waals surface area contributed by atoms with Crippen molar-refractivity contribution < 1.29 is 4.57 Å². The molecular formula is C28H52N+. The first-order valence-electron chi connectivity index (χ1n) is 13.3. The van der Waals surface area contributed by atoms with Gasteiger partial charge in [-0.05, 0) is 12.8 Å². The van der Waals surface area contributed by atoms with Gasteiger partial charge in [0.05, 0.1) is 0 Å². The quantitative estimate of drug-likeness (QED) is 0.142. The van der Waals surface area contributed by atoms with Crippen LogP contribution in [0.3, 0.4) is 0 Å². The van der Waals surface area contributed by atoms with Crippen molar-refractivity contribution in [1.29, 1.82) is 0 Å². The van der Waals surface area contributed by atoms with Crippen LogP contribution in [0.15, 0.2) is 30.6 Å². The molecule has 1 nitrogen and oxygen atoms in total. The van der Waals surface area contributed by atoms with Crippen LogP contribution in [0.25, 0.3) is 0 Å². The molecule has 0 saturated heterocycles. The van der Waals surface area contributed by atoms with E-state index < -0.39 is 0 Å². The summed E-state index contributed by atoms with van der Waals surface area (Å²) in [7, 11) is 0. The summed E-state index contributed by atoms with van der Waals surface area (Å²) >= 11 is 0. The van der Waals surface area contributed by atoms with Crippen LogP contribution in [0.2, 0.25) is 0 Å². The fourth-order valence-corrected chi connectivity index (χ4v) is 4.48. The van der Waals surface area contributed by atoms with Crippen LogP contribution >= 0.6 is 0 Å². The third kappa shape index (κ3) is 15.6. The van der Waals surface area contributed by atoms with Crippen molar-refractivity contribution in [3.05, 3.63) is 30.6 Å². The molecule has 0 saturated carbocycles. The summed E-state index contributed by atoms with van der Waals surface area (Å²) in [4.78, 5) is 0. The standard InChI is InChI=1S/C28H52N/c1-3-5-7-8-9-10-11-12-13-14-15-16-17-18-21-25-28(24-20-6-4-2)29-26-22-19-23-27-29/h19,22-23,26-28H,3-18,20-21,24-25H2,1-2H3/q+1. The molecule has 0 fully saturated rings.